The summed E-state index contributed by atoms with van der Waals surface area (Å²) in [5, 5.41) is 5.89. The second kappa shape index (κ2) is 3.08. The minimum atomic E-state index is 0.401. The van der Waals surface area contributed by atoms with E-state index >= 15 is 0 Å². The van der Waals surface area contributed by atoms with Gasteiger partial charge in [-0.25, -0.2) is 0 Å². The first-order chi connectivity index (χ1) is 5.90. The molecule has 0 radical (unpaired) electrons. The third-order valence-electron chi connectivity index (χ3n) is 1.53. The minimum Gasteiger partial charge on any atom is -0.359 e. The lowest BCUT2D eigenvalue weighted by Crippen LogP contribution is -1.92. The van der Waals surface area contributed by atoms with Crippen molar-refractivity contribution in [2.24, 2.45) is 5.73 Å². The number of nitrogens with zero attached hydrogens (tertiary/aromatic N) is 1. The molecular weight excluding hydrogens is 172 g/mol. The van der Waals surface area contributed by atoms with Crippen molar-refractivity contribution in [3.63, 3.8) is 0 Å². The fourth-order valence-corrected chi connectivity index (χ4v) is 1.63. The van der Waals surface area contributed by atoms with Gasteiger partial charge in [-0.1, -0.05) is 11.2 Å². The largest absolute Gasteiger partial charge is 0.359 e. The molecule has 0 aliphatic carbocycles. The first-order valence-electron chi connectivity index (χ1n) is 3.59. The second-order valence-electron chi connectivity index (χ2n) is 2.36. The van der Waals surface area contributed by atoms with E-state index < -0.39 is 0 Å². The average molecular weight is 180 g/mol. The Labute approximate surface area is 73.8 Å². The number of hydrogen-bond donors (Lipinski definition) is 1. The van der Waals surface area contributed by atoms with E-state index in [0.717, 1.165) is 16.3 Å². The lowest BCUT2D eigenvalue weighted by atomic mass is 10.3. The van der Waals surface area contributed by atoms with Crippen LogP contribution in [0.3, 0.4) is 0 Å². The smallest absolute Gasteiger partial charge is 0.150 e. The maximum absolute atomic E-state index is 5.39. The summed E-state index contributed by atoms with van der Waals surface area (Å²) in [6.45, 7) is 0.401. The topological polar surface area (TPSA) is 52.0 Å². The Bertz CT molecular complexity index is 353. The molecule has 2 aromatic heterocycles. The molecule has 2 aromatic rings. The van der Waals surface area contributed by atoms with Gasteiger partial charge < -0.3 is 10.3 Å². The van der Waals surface area contributed by atoms with E-state index in [2.05, 4.69) is 5.16 Å². The second-order valence-corrected chi connectivity index (χ2v) is 3.31. The van der Waals surface area contributed by atoms with E-state index in [1.165, 1.54) is 0 Å². The Morgan fingerprint density at radius 1 is 1.58 bits per heavy atom. The van der Waals surface area contributed by atoms with Crippen molar-refractivity contribution in [1.29, 1.82) is 0 Å². The number of hydrogen-bond acceptors (Lipinski definition) is 4. The molecule has 0 aliphatic heterocycles. The van der Waals surface area contributed by atoms with Crippen LogP contribution in [-0.2, 0) is 6.54 Å². The van der Waals surface area contributed by atoms with Gasteiger partial charge in [0.2, 0.25) is 0 Å². The molecule has 62 valence electrons. The van der Waals surface area contributed by atoms with Gasteiger partial charge in [-0.15, -0.1) is 11.3 Å². The van der Waals surface area contributed by atoms with Crippen LogP contribution in [0, 0.1) is 0 Å². The number of rotatable bonds is 2. The molecule has 3 nitrogen and oxygen atoms in total. The van der Waals surface area contributed by atoms with Crippen LogP contribution in [0.5, 0.6) is 0 Å². The lowest BCUT2D eigenvalue weighted by Gasteiger charge is -1.82. The summed E-state index contributed by atoms with van der Waals surface area (Å²) < 4.78 is 4.97. The van der Waals surface area contributed by atoms with Crippen molar-refractivity contribution in [1.82, 2.24) is 5.16 Å². The highest BCUT2D eigenvalue weighted by atomic mass is 32.1. The molecule has 12 heavy (non-hydrogen) atoms. The monoisotopic (exact) mass is 180 g/mol. The van der Waals surface area contributed by atoms with Crippen LogP contribution >= 0.6 is 11.3 Å². The predicted octanol–water partition coefficient (Wildman–Crippen LogP) is 1.86. The summed E-state index contributed by atoms with van der Waals surface area (Å²) in [7, 11) is 0. The van der Waals surface area contributed by atoms with Crippen LogP contribution in [0.1, 0.15) is 5.76 Å². The minimum absolute atomic E-state index is 0.401. The van der Waals surface area contributed by atoms with E-state index in [1.807, 2.05) is 23.6 Å². The summed E-state index contributed by atoms with van der Waals surface area (Å²) >= 11 is 1.64. The van der Waals surface area contributed by atoms with Gasteiger partial charge >= 0.3 is 0 Å². The molecule has 0 saturated carbocycles. The van der Waals surface area contributed by atoms with E-state index in [4.69, 9.17) is 10.3 Å². The van der Waals surface area contributed by atoms with Gasteiger partial charge in [0, 0.05) is 6.07 Å². The van der Waals surface area contributed by atoms with Gasteiger partial charge in [0.15, 0.2) is 5.76 Å². The zero-order valence-corrected chi connectivity index (χ0v) is 7.17. The molecule has 2 N–H and O–H groups in total. The summed E-state index contributed by atoms with van der Waals surface area (Å²) in [5.74, 6) is 0.721. The van der Waals surface area contributed by atoms with Crippen LogP contribution in [0.4, 0.5) is 0 Å². The molecule has 0 saturated heterocycles. The van der Waals surface area contributed by atoms with E-state index in [0.29, 0.717) is 6.54 Å². The Balaban J connectivity index is 2.35. The summed E-state index contributed by atoms with van der Waals surface area (Å²) in [6.07, 6.45) is 0. The molecule has 0 fully saturated rings. The highest BCUT2D eigenvalue weighted by Gasteiger charge is 2.04. The molecule has 0 aliphatic rings. The molecule has 0 bridgehead atoms. The van der Waals surface area contributed by atoms with Crippen LogP contribution < -0.4 is 5.73 Å². The predicted molar refractivity (Wildman–Crippen MR) is 47.7 cm³/mol. The van der Waals surface area contributed by atoms with E-state index in [-0.39, 0.29) is 0 Å². The van der Waals surface area contributed by atoms with Gasteiger partial charge in [0.25, 0.3) is 0 Å². The molecule has 0 aromatic carbocycles. The molecule has 2 rings (SSSR count). The van der Waals surface area contributed by atoms with Crippen molar-refractivity contribution in [2.75, 3.05) is 0 Å². The fraction of sp³-hybridized carbons (Fsp3) is 0.125. The van der Waals surface area contributed by atoms with Crippen molar-refractivity contribution in [3.05, 3.63) is 29.3 Å². The van der Waals surface area contributed by atoms with Crippen LogP contribution in [0.25, 0.3) is 10.6 Å². The van der Waals surface area contributed by atoms with Gasteiger partial charge in [0.1, 0.15) is 5.69 Å². The van der Waals surface area contributed by atoms with Crippen molar-refractivity contribution >= 4 is 11.3 Å². The van der Waals surface area contributed by atoms with E-state index in [1.54, 1.807) is 11.3 Å². The normalized spacial score (nSPS) is 10.4. The fourth-order valence-electron chi connectivity index (χ4n) is 0.950. The van der Waals surface area contributed by atoms with Gasteiger partial charge in [-0.2, -0.15) is 0 Å². The molecule has 4 heteroatoms. The summed E-state index contributed by atoms with van der Waals surface area (Å²) in [4.78, 5) is 1.11. The Hall–Kier alpha value is -1.13. The first kappa shape index (κ1) is 7.52. The summed E-state index contributed by atoms with van der Waals surface area (Å²) in [5.41, 5.74) is 6.25. The first-order valence-corrected chi connectivity index (χ1v) is 4.47. The maximum atomic E-state index is 5.39. The Kier molecular flexibility index (Phi) is 1.93. The average Bonchev–Trinajstić information content (AvgIpc) is 2.75. The molecule has 0 unspecified atom stereocenters. The maximum Gasteiger partial charge on any atom is 0.150 e. The van der Waals surface area contributed by atoms with Gasteiger partial charge in [-0.05, 0) is 11.4 Å². The van der Waals surface area contributed by atoms with Crippen molar-refractivity contribution in [2.45, 2.75) is 6.54 Å². The number of nitrogens with two attached hydrogens (primary N) is 1. The summed E-state index contributed by atoms with van der Waals surface area (Å²) in [6, 6.07) is 5.85. The number of thiophene rings is 1. The molecule has 0 amide bonds. The molecule has 0 spiro atoms. The third kappa shape index (κ3) is 1.26. The SMILES string of the molecule is NCc1cc(-c2cccs2)no1. The standard InChI is InChI=1S/C8H8N2OS/c9-5-6-4-7(10-11-6)8-2-1-3-12-8/h1-4H,5,9H2. The quantitative estimate of drug-likeness (QED) is 0.767. The van der Waals surface area contributed by atoms with Gasteiger partial charge in [-0.3, -0.25) is 0 Å². The zero-order chi connectivity index (χ0) is 8.39. The molecule has 2 heterocycles. The highest BCUT2D eigenvalue weighted by molar-refractivity contribution is 7.13. The highest BCUT2D eigenvalue weighted by Crippen LogP contribution is 2.23. The van der Waals surface area contributed by atoms with Crippen molar-refractivity contribution < 1.29 is 4.52 Å². The Morgan fingerprint density at radius 2 is 2.50 bits per heavy atom. The van der Waals surface area contributed by atoms with Crippen LogP contribution in [0.2, 0.25) is 0 Å². The molecule has 0 atom stereocenters. The zero-order valence-electron chi connectivity index (χ0n) is 6.36. The van der Waals surface area contributed by atoms with Crippen molar-refractivity contribution in [3.8, 4) is 10.6 Å². The number of aromatic nitrogens is 1. The molecular formula is C8H8N2OS. The van der Waals surface area contributed by atoms with Crippen LogP contribution in [-0.4, -0.2) is 5.16 Å². The van der Waals surface area contributed by atoms with Crippen LogP contribution in [0.15, 0.2) is 28.1 Å². The van der Waals surface area contributed by atoms with Gasteiger partial charge in [0.05, 0.1) is 11.4 Å². The Morgan fingerprint density at radius 3 is 3.08 bits per heavy atom. The lowest BCUT2D eigenvalue weighted by molar-refractivity contribution is 0.387. The third-order valence-corrected chi connectivity index (χ3v) is 2.43. The van der Waals surface area contributed by atoms with E-state index in [9.17, 15) is 0 Å².